The normalized spacial score (nSPS) is 12.3. The first-order chi connectivity index (χ1) is 8.97. The number of amides is 1. The van der Waals surface area contributed by atoms with E-state index < -0.39 is 0 Å². The number of carbonyl (C=O) groups excluding carboxylic acids is 1. The molecule has 0 saturated heterocycles. The lowest BCUT2D eigenvalue weighted by Crippen LogP contribution is -2.42. The minimum atomic E-state index is -0.284. The predicted molar refractivity (Wildman–Crippen MR) is 84.7 cm³/mol. The molecule has 0 aromatic heterocycles. The van der Waals surface area contributed by atoms with Gasteiger partial charge in [0.15, 0.2) is 0 Å². The van der Waals surface area contributed by atoms with Crippen molar-refractivity contribution in [3.05, 3.63) is 27.7 Å². The third-order valence-electron chi connectivity index (χ3n) is 3.03. The molecule has 0 heterocycles. The second kappa shape index (κ2) is 7.75. The van der Waals surface area contributed by atoms with Crippen LogP contribution in [0.1, 0.15) is 33.6 Å². The molecular formula is C14H20BrClN2O. The molecule has 0 aliphatic heterocycles. The molecule has 1 aromatic rings. The highest BCUT2D eigenvalue weighted by atomic mass is 79.9. The second-order valence-electron chi connectivity index (χ2n) is 4.52. The van der Waals surface area contributed by atoms with E-state index in [0.29, 0.717) is 5.02 Å². The molecule has 106 valence electrons. The van der Waals surface area contributed by atoms with Crippen molar-refractivity contribution in [2.24, 2.45) is 0 Å². The summed E-state index contributed by atoms with van der Waals surface area (Å²) in [6, 6.07) is 5.47. The van der Waals surface area contributed by atoms with Crippen molar-refractivity contribution in [1.82, 2.24) is 5.32 Å². The van der Waals surface area contributed by atoms with E-state index in [4.69, 9.17) is 11.6 Å². The Morgan fingerprint density at radius 2 is 2.00 bits per heavy atom. The Morgan fingerprint density at radius 1 is 1.37 bits per heavy atom. The number of anilines is 1. The van der Waals surface area contributed by atoms with Gasteiger partial charge in [0.05, 0.1) is 5.02 Å². The van der Waals surface area contributed by atoms with Crippen molar-refractivity contribution in [2.45, 2.75) is 45.7 Å². The SMILES string of the molecule is CCC(CC)NC(=O)C(C)Nc1ccc(Cl)c(Br)c1. The van der Waals surface area contributed by atoms with E-state index in [9.17, 15) is 4.79 Å². The van der Waals surface area contributed by atoms with Crippen molar-refractivity contribution in [3.63, 3.8) is 0 Å². The average Bonchev–Trinajstić information content (AvgIpc) is 2.39. The third-order valence-corrected chi connectivity index (χ3v) is 4.24. The zero-order chi connectivity index (χ0) is 14.4. The highest BCUT2D eigenvalue weighted by molar-refractivity contribution is 9.10. The van der Waals surface area contributed by atoms with Gasteiger partial charge >= 0.3 is 0 Å². The molecule has 1 atom stereocenters. The van der Waals surface area contributed by atoms with Gasteiger partial charge in [-0.1, -0.05) is 25.4 Å². The third kappa shape index (κ3) is 5.03. The van der Waals surface area contributed by atoms with Crippen LogP contribution in [0.3, 0.4) is 0 Å². The summed E-state index contributed by atoms with van der Waals surface area (Å²) in [4.78, 5) is 12.0. The molecule has 2 N–H and O–H groups in total. The van der Waals surface area contributed by atoms with E-state index in [1.165, 1.54) is 0 Å². The van der Waals surface area contributed by atoms with Crippen LogP contribution < -0.4 is 10.6 Å². The zero-order valence-electron chi connectivity index (χ0n) is 11.5. The number of benzene rings is 1. The Hall–Kier alpha value is -0.740. The summed E-state index contributed by atoms with van der Waals surface area (Å²) in [6.07, 6.45) is 1.89. The van der Waals surface area contributed by atoms with E-state index in [0.717, 1.165) is 23.0 Å². The molecule has 0 radical (unpaired) electrons. The minimum Gasteiger partial charge on any atom is -0.374 e. The number of carbonyl (C=O) groups is 1. The molecule has 1 rings (SSSR count). The molecule has 1 aromatic carbocycles. The van der Waals surface area contributed by atoms with Gasteiger partial charge in [0.25, 0.3) is 0 Å². The summed E-state index contributed by atoms with van der Waals surface area (Å²) >= 11 is 9.30. The van der Waals surface area contributed by atoms with E-state index in [1.54, 1.807) is 6.07 Å². The fourth-order valence-electron chi connectivity index (χ4n) is 1.72. The van der Waals surface area contributed by atoms with Crippen LogP contribution in [-0.2, 0) is 4.79 Å². The van der Waals surface area contributed by atoms with Crippen LogP contribution in [0.15, 0.2) is 22.7 Å². The fraction of sp³-hybridized carbons (Fsp3) is 0.500. The second-order valence-corrected chi connectivity index (χ2v) is 5.78. The molecule has 0 aliphatic carbocycles. The number of hydrogen-bond donors (Lipinski definition) is 2. The molecule has 0 bridgehead atoms. The smallest absolute Gasteiger partial charge is 0.242 e. The van der Waals surface area contributed by atoms with Gasteiger partial charge < -0.3 is 10.6 Å². The fourth-order valence-corrected chi connectivity index (χ4v) is 2.22. The number of nitrogens with one attached hydrogen (secondary N) is 2. The van der Waals surface area contributed by atoms with Crippen LogP contribution in [-0.4, -0.2) is 18.0 Å². The monoisotopic (exact) mass is 346 g/mol. The van der Waals surface area contributed by atoms with Crippen LogP contribution >= 0.6 is 27.5 Å². The lowest BCUT2D eigenvalue weighted by molar-refractivity contribution is -0.122. The van der Waals surface area contributed by atoms with Crippen molar-refractivity contribution in [1.29, 1.82) is 0 Å². The Bertz CT molecular complexity index is 435. The maximum atomic E-state index is 12.0. The van der Waals surface area contributed by atoms with Gasteiger partial charge in [-0.2, -0.15) is 0 Å². The van der Waals surface area contributed by atoms with Crippen LogP contribution in [0, 0.1) is 0 Å². The van der Waals surface area contributed by atoms with Crippen molar-refractivity contribution in [3.8, 4) is 0 Å². The summed E-state index contributed by atoms with van der Waals surface area (Å²) in [6.45, 7) is 5.99. The standard InChI is InChI=1S/C14H20BrClN2O/c1-4-10(5-2)18-14(19)9(3)17-11-6-7-13(16)12(15)8-11/h6-10,17H,4-5H2,1-3H3,(H,18,19). The van der Waals surface area contributed by atoms with Gasteiger partial charge in [0, 0.05) is 16.2 Å². The number of rotatable bonds is 6. The van der Waals surface area contributed by atoms with E-state index >= 15 is 0 Å². The summed E-state index contributed by atoms with van der Waals surface area (Å²) in [7, 11) is 0. The summed E-state index contributed by atoms with van der Waals surface area (Å²) < 4.78 is 0.812. The highest BCUT2D eigenvalue weighted by Gasteiger charge is 2.15. The zero-order valence-corrected chi connectivity index (χ0v) is 13.8. The largest absolute Gasteiger partial charge is 0.374 e. The molecule has 1 unspecified atom stereocenters. The molecule has 5 heteroatoms. The first-order valence-corrected chi connectivity index (χ1v) is 7.67. The quantitative estimate of drug-likeness (QED) is 0.809. The van der Waals surface area contributed by atoms with Crippen LogP contribution in [0.25, 0.3) is 0 Å². The van der Waals surface area contributed by atoms with Gasteiger partial charge in [-0.05, 0) is 53.9 Å². The summed E-state index contributed by atoms with van der Waals surface area (Å²) in [5.74, 6) is 0.0137. The summed E-state index contributed by atoms with van der Waals surface area (Å²) in [5, 5.41) is 6.84. The van der Waals surface area contributed by atoms with E-state index in [1.807, 2.05) is 19.1 Å². The van der Waals surface area contributed by atoms with Crippen molar-refractivity contribution < 1.29 is 4.79 Å². The topological polar surface area (TPSA) is 41.1 Å². The molecular weight excluding hydrogens is 328 g/mol. The van der Waals surface area contributed by atoms with Gasteiger partial charge in [0.1, 0.15) is 6.04 Å². The Labute approximate surface area is 128 Å². The lowest BCUT2D eigenvalue weighted by Gasteiger charge is -2.20. The van der Waals surface area contributed by atoms with Gasteiger partial charge in [0.2, 0.25) is 5.91 Å². The minimum absolute atomic E-state index is 0.0137. The number of hydrogen-bond acceptors (Lipinski definition) is 2. The predicted octanol–water partition coefficient (Wildman–Crippen LogP) is 4.21. The average molecular weight is 348 g/mol. The van der Waals surface area contributed by atoms with Gasteiger partial charge in [-0.3, -0.25) is 4.79 Å². The van der Waals surface area contributed by atoms with Crippen LogP contribution in [0.5, 0.6) is 0 Å². The van der Waals surface area contributed by atoms with E-state index in [2.05, 4.69) is 40.4 Å². The summed E-state index contributed by atoms with van der Waals surface area (Å²) in [5.41, 5.74) is 0.864. The Kier molecular flexibility index (Phi) is 6.66. The first kappa shape index (κ1) is 16.3. The molecule has 0 saturated carbocycles. The van der Waals surface area contributed by atoms with Crippen molar-refractivity contribution in [2.75, 3.05) is 5.32 Å². The van der Waals surface area contributed by atoms with Crippen LogP contribution in [0.2, 0.25) is 5.02 Å². The molecule has 3 nitrogen and oxygen atoms in total. The Balaban J connectivity index is 2.60. The molecule has 1 amide bonds. The molecule has 0 spiro atoms. The maximum absolute atomic E-state index is 12.0. The van der Waals surface area contributed by atoms with E-state index in [-0.39, 0.29) is 18.0 Å². The number of halogens is 2. The van der Waals surface area contributed by atoms with Crippen LogP contribution in [0.4, 0.5) is 5.69 Å². The van der Waals surface area contributed by atoms with Gasteiger partial charge in [-0.15, -0.1) is 0 Å². The highest BCUT2D eigenvalue weighted by Crippen LogP contribution is 2.25. The maximum Gasteiger partial charge on any atom is 0.242 e. The molecule has 19 heavy (non-hydrogen) atoms. The molecule has 0 fully saturated rings. The Morgan fingerprint density at radius 3 is 2.53 bits per heavy atom. The molecule has 0 aliphatic rings. The lowest BCUT2D eigenvalue weighted by atomic mass is 10.1. The van der Waals surface area contributed by atoms with Gasteiger partial charge in [-0.25, -0.2) is 0 Å². The van der Waals surface area contributed by atoms with Crippen molar-refractivity contribution >= 4 is 39.1 Å². The first-order valence-electron chi connectivity index (χ1n) is 6.49.